The molecule has 2 nitrogen and oxygen atoms in total. The fraction of sp³-hybridized carbons (Fsp3) is 0.833. The third-order valence-electron chi connectivity index (χ3n) is 2.81. The van der Waals surface area contributed by atoms with Gasteiger partial charge in [0.25, 0.3) is 0 Å². The highest BCUT2D eigenvalue weighted by Crippen LogP contribution is 2.10. The molecule has 0 aromatic carbocycles. The SMILES string of the molecule is CC(C)=CCCC(C)N1CCOCC1. The second-order valence-corrected chi connectivity index (χ2v) is 4.36. The number of hydrogen-bond donors (Lipinski definition) is 0. The van der Waals surface area contributed by atoms with Gasteiger partial charge >= 0.3 is 0 Å². The molecule has 0 aliphatic carbocycles. The topological polar surface area (TPSA) is 12.5 Å². The molecule has 0 saturated carbocycles. The molecular weight excluding hydrogens is 174 g/mol. The maximum Gasteiger partial charge on any atom is 0.0594 e. The van der Waals surface area contributed by atoms with Crippen LogP contribution in [-0.4, -0.2) is 37.2 Å². The largest absolute Gasteiger partial charge is 0.379 e. The Balaban J connectivity index is 2.19. The first-order valence-electron chi connectivity index (χ1n) is 5.65. The molecule has 1 unspecified atom stereocenters. The van der Waals surface area contributed by atoms with E-state index in [1.807, 2.05) is 0 Å². The Bertz CT molecular complexity index is 179. The number of hydrogen-bond acceptors (Lipinski definition) is 2. The fourth-order valence-corrected chi connectivity index (χ4v) is 1.81. The highest BCUT2D eigenvalue weighted by Gasteiger charge is 2.15. The molecule has 0 amide bonds. The zero-order valence-electron chi connectivity index (χ0n) is 9.75. The quantitative estimate of drug-likeness (QED) is 0.642. The number of morpholine rings is 1. The summed E-state index contributed by atoms with van der Waals surface area (Å²) in [5, 5.41) is 0. The molecule has 82 valence electrons. The van der Waals surface area contributed by atoms with Crippen LogP contribution < -0.4 is 0 Å². The van der Waals surface area contributed by atoms with Crippen LogP contribution in [0.1, 0.15) is 33.6 Å². The first-order chi connectivity index (χ1) is 6.70. The van der Waals surface area contributed by atoms with Crippen LogP contribution >= 0.6 is 0 Å². The third kappa shape index (κ3) is 4.25. The van der Waals surface area contributed by atoms with Gasteiger partial charge in [-0.15, -0.1) is 0 Å². The molecule has 0 aromatic heterocycles. The van der Waals surface area contributed by atoms with Gasteiger partial charge in [-0.05, 0) is 33.6 Å². The molecule has 2 heteroatoms. The molecule has 14 heavy (non-hydrogen) atoms. The minimum Gasteiger partial charge on any atom is -0.379 e. The van der Waals surface area contributed by atoms with Gasteiger partial charge in [-0.1, -0.05) is 11.6 Å². The summed E-state index contributed by atoms with van der Waals surface area (Å²) in [6.45, 7) is 10.7. The normalized spacial score (nSPS) is 20.5. The van der Waals surface area contributed by atoms with E-state index in [9.17, 15) is 0 Å². The molecule has 1 fully saturated rings. The summed E-state index contributed by atoms with van der Waals surface area (Å²) in [7, 11) is 0. The molecule has 0 spiro atoms. The Morgan fingerprint density at radius 1 is 1.36 bits per heavy atom. The van der Waals surface area contributed by atoms with Crippen LogP contribution in [-0.2, 0) is 4.74 Å². The lowest BCUT2D eigenvalue weighted by atomic mass is 10.1. The summed E-state index contributed by atoms with van der Waals surface area (Å²) in [4.78, 5) is 2.53. The van der Waals surface area contributed by atoms with Gasteiger partial charge in [0, 0.05) is 19.1 Å². The van der Waals surface area contributed by atoms with Crippen LogP contribution in [0, 0.1) is 0 Å². The number of nitrogens with zero attached hydrogens (tertiary/aromatic N) is 1. The molecule has 1 rings (SSSR count). The van der Waals surface area contributed by atoms with Crippen LogP contribution in [0.5, 0.6) is 0 Å². The van der Waals surface area contributed by atoms with Gasteiger partial charge in [-0.25, -0.2) is 0 Å². The number of rotatable bonds is 4. The Morgan fingerprint density at radius 3 is 2.57 bits per heavy atom. The van der Waals surface area contributed by atoms with Crippen molar-refractivity contribution in [3.05, 3.63) is 11.6 Å². The highest BCUT2D eigenvalue weighted by atomic mass is 16.5. The van der Waals surface area contributed by atoms with Crippen LogP contribution in [0.3, 0.4) is 0 Å². The van der Waals surface area contributed by atoms with E-state index in [0.717, 1.165) is 26.3 Å². The predicted octanol–water partition coefficient (Wildman–Crippen LogP) is 2.45. The zero-order chi connectivity index (χ0) is 10.4. The second kappa shape index (κ2) is 6.20. The molecule has 1 atom stereocenters. The van der Waals surface area contributed by atoms with E-state index >= 15 is 0 Å². The van der Waals surface area contributed by atoms with Crippen molar-refractivity contribution in [1.82, 2.24) is 4.90 Å². The number of ether oxygens (including phenoxy) is 1. The van der Waals surface area contributed by atoms with Gasteiger partial charge in [-0.2, -0.15) is 0 Å². The van der Waals surface area contributed by atoms with Crippen LogP contribution in [0.4, 0.5) is 0 Å². The molecule has 1 aliphatic rings. The maximum atomic E-state index is 5.34. The molecule has 0 aromatic rings. The molecule has 1 saturated heterocycles. The van der Waals surface area contributed by atoms with Crippen molar-refractivity contribution in [3.8, 4) is 0 Å². The molecule has 0 N–H and O–H groups in total. The van der Waals surface area contributed by atoms with Crippen LogP contribution in [0.15, 0.2) is 11.6 Å². The van der Waals surface area contributed by atoms with Crippen LogP contribution in [0.25, 0.3) is 0 Å². The average molecular weight is 197 g/mol. The standard InChI is InChI=1S/C12H23NO/c1-11(2)5-4-6-12(3)13-7-9-14-10-8-13/h5,12H,4,6-10H2,1-3H3. The van der Waals surface area contributed by atoms with E-state index in [2.05, 4.69) is 31.7 Å². The summed E-state index contributed by atoms with van der Waals surface area (Å²) >= 11 is 0. The Kier molecular flexibility index (Phi) is 5.20. The lowest BCUT2D eigenvalue weighted by molar-refractivity contribution is 0.0188. The van der Waals surface area contributed by atoms with Crippen molar-refractivity contribution in [2.75, 3.05) is 26.3 Å². The summed E-state index contributed by atoms with van der Waals surface area (Å²) in [6, 6.07) is 0.703. The minimum atomic E-state index is 0.703. The van der Waals surface area contributed by atoms with E-state index in [1.165, 1.54) is 18.4 Å². The molecule has 1 aliphatic heterocycles. The molecule has 0 bridgehead atoms. The average Bonchev–Trinajstić information content (AvgIpc) is 2.18. The van der Waals surface area contributed by atoms with E-state index in [-0.39, 0.29) is 0 Å². The monoisotopic (exact) mass is 197 g/mol. The van der Waals surface area contributed by atoms with Crippen molar-refractivity contribution in [3.63, 3.8) is 0 Å². The van der Waals surface area contributed by atoms with Crippen molar-refractivity contribution in [1.29, 1.82) is 0 Å². The Morgan fingerprint density at radius 2 is 2.00 bits per heavy atom. The fourth-order valence-electron chi connectivity index (χ4n) is 1.81. The molecular formula is C12H23NO. The lowest BCUT2D eigenvalue weighted by Crippen LogP contribution is -2.42. The lowest BCUT2D eigenvalue weighted by Gasteiger charge is -2.32. The van der Waals surface area contributed by atoms with Gasteiger partial charge < -0.3 is 4.74 Å². The maximum absolute atomic E-state index is 5.34. The van der Waals surface area contributed by atoms with E-state index in [4.69, 9.17) is 4.74 Å². The number of allylic oxidation sites excluding steroid dienone is 2. The van der Waals surface area contributed by atoms with E-state index in [1.54, 1.807) is 0 Å². The molecule has 0 radical (unpaired) electrons. The summed E-state index contributed by atoms with van der Waals surface area (Å²) in [6.07, 6.45) is 4.81. The van der Waals surface area contributed by atoms with E-state index in [0.29, 0.717) is 6.04 Å². The van der Waals surface area contributed by atoms with Crippen molar-refractivity contribution < 1.29 is 4.74 Å². The first kappa shape index (κ1) is 11.7. The summed E-state index contributed by atoms with van der Waals surface area (Å²) in [5.41, 5.74) is 1.43. The smallest absolute Gasteiger partial charge is 0.0594 e. The Hall–Kier alpha value is -0.340. The molecule has 1 heterocycles. The highest BCUT2D eigenvalue weighted by molar-refractivity contribution is 4.93. The van der Waals surface area contributed by atoms with Crippen LogP contribution in [0.2, 0.25) is 0 Å². The van der Waals surface area contributed by atoms with Gasteiger partial charge in [0.15, 0.2) is 0 Å². The van der Waals surface area contributed by atoms with Gasteiger partial charge in [0.1, 0.15) is 0 Å². The summed E-state index contributed by atoms with van der Waals surface area (Å²) < 4.78 is 5.34. The van der Waals surface area contributed by atoms with Crippen molar-refractivity contribution in [2.45, 2.75) is 39.7 Å². The zero-order valence-corrected chi connectivity index (χ0v) is 9.75. The Labute approximate surface area is 87.9 Å². The van der Waals surface area contributed by atoms with Gasteiger partial charge in [0.05, 0.1) is 13.2 Å². The summed E-state index contributed by atoms with van der Waals surface area (Å²) in [5.74, 6) is 0. The minimum absolute atomic E-state index is 0.703. The van der Waals surface area contributed by atoms with E-state index < -0.39 is 0 Å². The first-order valence-corrected chi connectivity index (χ1v) is 5.65. The predicted molar refractivity (Wildman–Crippen MR) is 60.5 cm³/mol. The van der Waals surface area contributed by atoms with Crippen molar-refractivity contribution in [2.24, 2.45) is 0 Å². The third-order valence-corrected chi connectivity index (χ3v) is 2.81. The van der Waals surface area contributed by atoms with Crippen molar-refractivity contribution >= 4 is 0 Å². The van der Waals surface area contributed by atoms with Gasteiger partial charge in [-0.3, -0.25) is 4.90 Å². The van der Waals surface area contributed by atoms with Gasteiger partial charge in [0.2, 0.25) is 0 Å². The second-order valence-electron chi connectivity index (χ2n) is 4.36.